The molecule has 0 aliphatic carbocycles. The molecule has 3 rings (SSSR count). The van der Waals surface area contributed by atoms with Crippen LogP contribution in [-0.2, 0) is 4.74 Å². The molecule has 0 saturated heterocycles. The summed E-state index contributed by atoms with van der Waals surface area (Å²) < 4.78 is 4.54. The van der Waals surface area contributed by atoms with E-state index in [1.807, 2.05) is 42.5 Å². The van der Waals surface area contributed by atoms with Gasteiger partial charge in [0.2, 0.25) is 5.95 Å². The smallest absolute Gasteiger partial charge is 0.413 e. The topological polar surface area (TPSA) is 67.0 Å². The molecular weight excluding hydrogens is 286 g/mol. The molecule has 0 fully saturated rings. The molecule has 3 aromatic rings. The molecule has 5 nitrogen and oxygen atoms in total. The third kappa shape index (κ3) is 2.71. The number of aromatic nitrogens is 2. The first-order chi connectivity index (χ1) is 10.2. The van der Waals surface area contributed by atoms with Gasteiger partial charge in [0.1, 0.15) is 0 Å². The van der Waals surface area contributed by atoms with Crippen LogP contribution in [0.2, 0.25) is 0 Å². The maximum atomic E-state index is 11.2. The molecule has 1 aromatic heterocycles. The number of anilines is 1. The largest absolute Gasteiger partial charge is 0.453 e. The summed E-state index contributed by atoms with van der Waals surface area (Å²) in [5.74, 6) is 0.355. The standard InChI is InChI=1S/C15H13N3O2S/c1-20-15(19)18-14-16-11-7-6-9(8-12(11)17-14)10-4-2-3-5-13(10)21/h2-8,21H,1H3,(H2,16,17,18,19). The van der Waals surface area contributed by atoms with E-state index in [0.29, 0.717) is 5.95 Å². The first-order valence-electron chi connectivity index (χ1n) is 6.30. The van der Waals surface area contributed by atoms with Crippen molar-refractivity contribution in [3.63, 3.8) is 0 Å². The van der Waals surface area contributed by atoms with Gasteiger partial charge in [-0.25, -0.2) is 9.78 Å². The molecule has 1 amide bonds. The van der Waals surface area contributed by atoms with Crippen LogP contribution in [0.15, 0.2) is 47.4 Å². The maximum absolute atomic E-state index is 11.2. The molecule has 0 radical (unpaired) electrons. The zero-order valence-corrected chi connectivity index (χ0v) is 12.1. The molecule has 6 heteroatoms. The monoisotopic (exact) mass is 299 g/mol. The van der Waals surface area contributed by atoms with E-state index < -0.39 is 6.09 Å². The van der Waals surface area contributed by atoms with E-state index in [1.165, 1.54) is 7.11 Å². The normalized spacial score (nSPS) is 10.6. The van der Waals surface area contributed by atoms with Gasteiger partial charge in [0, 0.05) is 4.90 Å². The average molecular weight is 299 g/mol. The Bertz CT molecular complexity index is 814. The van der Waals surface area contributed by atoms with E-state index in [9.17, 15) is 4.79 Å². The number of thiol groups is 1. The van der Waals surface area contributed by atoms with Crippen molar-refractivity contribution >= 4 is 35.7 Å². The number of nitrogens with zero attached hydrogens (tertiary/aromatic N) is 1. The Balaban J connectivity index is 2.01. The third-order valence-corrected chi connectivity index (χ3v) is 3.49. The number of rotatable bonds is 2. The summed E-state index contributed by atoms with van der Waals surface area (Å²) in [6, 6.07) is 13.7. The number of H-pyrrole nitrogens is 1. The Hall–Kier alpha value is -2.47. The Morgan fingerprint density at radius 1 is 1.29 bits per heavy atom. The minimum Gasteiger partial charge on any atom is -0.453 e. The average Bonchev–Trinajstić information content (AvgIpc) is 2.88. The van der Waals surface area contributed by atoms with E-state index in [2.05, 4.69) is 32.7 Å². The number of carbonyl (C=O) groups is 1. The number of imidazole rings is 1. The number of hydrogen-bond donors (Lipinski definition) is 3. The van der Waals surface area contributed by atoms with E-state index in [4.69, 9.17) is 0 Å². The highest BCUT2D eigenvalue weighted by molar-refractivity contribution is 7.80. The highest BCUT2D eigenvalue weighted by Crippen LogP contribution is 2.28. The van der Waals surface area contributed by atoms with Crippen molar-refractivity contribution in [1.82, 2.24) is 9.97 Å². The molecule has 0 saturated carbocycles. The summed E-state index contributed by atoms with van der Waals surface area (Å²) in [6.45, 7) is 0. The maximum Gasteiger partial charge on any atom is 0.413 e. The number of methoxy groups -OCH3 is 1. The van der Waals surface area contributed by atoms with Crippen molar-refractivity contribution in [3.8, 4) is 11.1 Å². The Morgan fingerprint density at radius 3 is 2.86 bits per heavy atom. The molecule has 1 heterocycles. The molecule has 2 aromatic carbocycles. The van der Waals surface area contributed by atoms with Gasteiger partial charge in [-0.05, 0) is 29.3 Å². The molecule has 21 heavy (non-hydrogen) atoms. The van der Waals surface area contributed by atoms with Gasteiger partial charge < -0.3 is 9.72 Å². The van der Waals surface area contributed by atoms with Crippen LogP contribution in [0.25, 0.3) is 22.2 Å². The second kappa shape index (κ2) is 5.49. The highest BCUT2D eigenvalue weighted by Gasteiger charge is 2.08. The molecular formula is C15H13N3O2S. The van der Waals surface area contributed by atoms with Crippen LogP contribution < -0.4 is 5.32 Å². The van der Waals surface area contributed by atoms with Crippen molar-refractivity contribution in [1.29, 1.82) is 0 Å². The fraction of sp³-hybridized carbons (Fsp3) is 0.0667. The van der Waals surface area contributed by atoms with Gasteiger partial charge in [0.25, 0.3) is 0 Å². The number of ether oxygens (including phenoxy) is 1. The molecule has 0 atom stereocenters. The van der Waals surface area contributed by atoms with Gasteiger partial charge in [-0.1, -0.05) is 24.3 Å². The lowest BCUT2D eigenvalue weighted by Crippen LogP contribution is -2.11. The van der Waals surface area contributed by atoms with Crippen LogP contribution in [0.5, 0.6) is 0 Å². The number of hydrogen-bond acceptors (Lipinski definition) is 4. The van der Waals surface area contributed by atoms with Crippen LogP contribution in [-0.4, -0.2) is 23.2 Å². The van der Waals surface area contributed by atoms with Crippen molar-refractivity contribution < 1.29 is 9.53 Å². The lowest BCUT2D eigenvalue weighted by atomic mass is 10.1. The Labute approximate surface area is 126 Å². The van der Waals surface area contributed by atoms with Gasteiger partial charge in [-0.15, -0.1) is 12.6 Å². The van der Waals surface area contributed by atoms with Crippen LogP contribution in [0.1, 0.15) is 0 Å². The van der Waals surface area contributed by atoms with Gasteiger partial charge in [0.15, 0.2) is 0 Å². The second-order valence-electron chi connectivity index (χ2n) is 4.45. The van der Waals surface area contributed by atoms with Gasteiger partial charge in [-0.3, -0.25) is 5.32 Å². The Morgan fingerprint density at radius 2 is 2.10 bits per heavy atom. The second-order valence-corrected chi connectivity index (χ2v) is 4.93. The number of carbonyl (C=O) groups excluding carboxylic acids is 1. The summed E-state index contributed by atoms with van der Waals surface area (Å²) in [4.78, 5) is 19.4. The number of aromatic amines is 1. The van der Waals surface area contributed by atoms with Crippen LogP contribution in [0.3, 0.4) is 0 Å². The quantitative estimate of drug-likeness (QED) is 0.632. The number of amides is 1. The summed E-state index contributed by atoms with van der Waals surface area (Å²) in [7, 11) is 1.31. The highest BCUT2D eigenvalue weighted by atomic mass is 32.1. The summed E-state index contributed by atoms with van der Waals surface area (Å²) in [5.41, 5.74) is 3.67. The van der Waals surface area contributed by atoms with Crippen LogP contribution in [0.4, 0.5) is 10.7 Å². The van der Waals surface area contributed by atoms with Crippen LogP contribution in [0, 0.1) is 0 Å². The summed E-state index contributed by atoms with van der Waals surface area (Å²) >= 11 is 4.47. The number of nitrogens with one attached hydrogen (secondary N) is 2. The zero-order valence-electron chi connectivity index (χ0n) is 11.3. The van der Waals surface area contributed by atoms with Crippen molar-refractivity contribution in [2.24, 2.45) is 0 Å². The van der Waals surface area contributed by atoms with Crippen molar-refractivity contribution in [2.75, 3.05) is 12.4 Å². The van der Waals surface area contributed by atoms with Crippen molar-refractivity contribution in [2.45, 2.75) is 4.90 Å². The molecule has 0 spiro atoms. The molecule has 106 valence electrons. The molecule has 0 aliphatic rings. The number of fused-ring (bicyclic) bond motifs is 1. The number of benzene rings is 2. The van der Waals surface area contributed by atoms with E-state index in [-0.39, 0.29) is 0 Å². The predicted molar refractivity (Wildman–Crippen MR) is 84.8 cm³/mol. The first-order valence-corrected chi connectivity index (χ1v) is 6.75. The first kappa shape index (κ1) is 13.5. The zero-order chi connectivity index (χ0) is 14.8. The fourth-order valence-electron chi connectivity index (χ4n) is 2.10. The third-order valence-electron chi connectivity index (χ3n) is 3.10. The predicted octanol–water partition coefficient (Wildman–Crippen LogP) is 3.70. The van der Waals surface area contributed by atoms with E-state index in [0.717, 1.165) is 27.1 Å². The molecule has 0 unspecified atom stereocenters. The molecule has 0 aliphatic heterocycles. The minimum absolute atomic E-state index is 0.355. The Kier molecular flexibility index (Phi) is 3.53. The van der Waals surface area contributed by atoms with Gasteiger partial charge in [-0.2, -0.15) is 0 Å². The van der Waals surface area contributed by atoms with Crippen molar-refractivity contribution in [3.05, 3.63) is 42.5 Å². The van der Waals surface area contributed by atoms with E-state index >= 15 is 0 Å². The van der Waals surface area contributed by atoms with E-state index in [1.54, 1.807) is 0 Å². The molecule has 0 bridgehead atoms. The molecule has 2 N–H and O–H groups in total. The SMILES string of the molecule is COC(=O)Nc1nc2ccc(-c3ccccc3S)cc2[nH]1. The lowest BCUT2D eigenvalue weighted by Gasteiger charge is -2.04. The minimum atomic E-state index is -0.560. The van der Waals surface area contributed by atoms with Crippen LogP contribution >= 0.6 is 12.6 Å². The van der Waals surface area contributed by atoms with Gasteiger partial charge in [0.05, 0.1) is 18.1 Å². The summed E-state index contributed by atoms with van der Waals surface area (Å²) in [6.07, 6.45) is -0.560. The lowest BCUT2D eigenvalue weighted by molar-refractivity contribution is 0.186. The van der Waals surface area contributed by atoms with Gasteiger partial charge >= 0.3 is 6.09 Å². The summed E-state index contributed by atoms with van der Waals surface area (Å²) in [5, 5.41) is 2.51. The fourth-order valence-corrected chi connectivity index (χ4v) is 2.39.